The molecule has 0 unspecified atom stereocenters. The number of sulfonamides is 1. The monoisotopic (exact) mass is 406 g/mol. The number of nitrogens with zero attached hydrogens (tertiary/aromatic N) is 2. The van der Waals surface area contributed by atoms with Crippen molar-refractivity contribution in [1.29, 1.82) is 0 Å². The van der Waals surface area contributed by atoms with Gasteiger partial charge in [0.1, 0.15) is 0 Å². The van der Waals surface area contributed by atoms with Crippen LogP contribution in [-0.2, 0) is 23.0 Å². The minimum absolute atomic E-state index is 0.134. The summed E-state index contributed by atoms with van der Waals surface area (Å²) in [6.45, 7) is 7.27. The van der Waals surface area contributed by atoms with E-state index in [4.69, 9.17) is 0 Å². The van der Waals surface area contributed by atoms with Crippen LogP contribution in [0.25, 0.3) is 0 Å². The lowest BCUT2D eigenvalue weighted by molar-refractivity contribution is 0.0863. The average Bonchev–Trinajstić information content (AvgIpc) is 3.06. The first kappa shape index (κ1) is 20.5. The summed E-state index contributed by atoms with van der Waals surface area (Å²) in [4.78, 5) is 12.8. The van der Waals surface area contributed by atoms with Gasteiger partial charge >= 0.3 is 0 Å². The molecule has 28 heavy (non-hydrogen) atoms. The molecule has 1 aromatic carbocycles. The molecule has 1 amide bonds. The Morgan fingerprint density at radius 1 is 1.36 bits per heavy atom. The van der Waals surface area contributed by atoms with Gasteiger partial charge < -0.3 is 10.4 Å². The van der Waals surface area contributed by atoms with Gasteiger partial charge in [0.05, 0.1) is 29.3 Å². The molecule has 0 aliphatic carbocycles. The summed E-state index contributed by atoms with van der Waals surface area (Å²) < 4.78 is 27.7. The number of carbonyl (C=O) groups excluding carboxylic acids is 1. The number of H-pyrrole nitrogens is 1. The number of aliphatic hydroxyl groups excluding tert-OH is 1. The number of carbonyl (C=O) groups is 1. The number of aromatic amines is 1. The Bertz CT molecular complexity index is 1010. The number of fused-ring (bicyclic) bond motifs is 1. The summed E-state index contributed by atoms with van der Waals surface area (Å²) >= 11 is 0. The molecule has 0 radical (unpaired) electrons. The van der Waals surface area contributed by atoms with Crippen molar-refractivity contribution in [2.75, 3.05) is 13.2 Å². The second-order valence-electron chi connectivity index (χ2n) is 7.88. The maximum absolute atomic E-state index is 13.1. The molecule has 9 heteroatoms. The first-order valence-electron chi connectivity index (χ1n) is 9.12. The van der Waals surface area contributed by atoms with Crippen LogP contribution >= 0.6 is 0 Å². The Morgan fingerprint density at radius 3 is 2.75 bits per heavy atom. The van der Waals surface area contributed by atoms with Gasteiger partial charge in [0.15, 0.2) is 5.69 Å². The van der Waals surface area contributed by atoms with Gasteiger partial charge in [-0.1, -0.05) is 12.1 Å². The predicted octanol–water partition coefficient (Wildman–Crippen LogP) is 1.27. The highest BCUT2D eigenvalue weighted by molar-refractivity contribution is 7.89. The molecule has 0 saturated heterocycles. The van der Waals surface area contributed by atoms with Crippen LogP contribution in [0.3, 0.4) is 0 Å². The van der Waals surface area contributed by atoms with Crippen molar-refractivity contribution < 1.29 is 18.3 Å². The van der Waals surface area contributed by atoms with Crippen LogP contribution in [0.1, 0.15) is 46.7 Å². The summed E-state index contributed by atoms with van der Waals surface area (Å²) in [5.41, 5.74) is 2.41. The van der Waals surface area contributed by atoms with Crippen molar-refractivity contribution in [1.82, 2.24) is 19.8 Å². The van der Waals surface area contributed by atoms with Crippen LogP contribution in [0.15, 0.2) is 23.1 Å². The van der Waals surface area contributed by atoms with E-state index in [1.54, 1.807) is 32.9 Å². The van der Waals surface area contributed by atoms with Gasteiger partial charge in [-0.25, -0.2) is 8.42 Å². The maximum Gasteiger partial charge on any atom is 0.272 e. The quantitative estimate of drug-likeness (QED) is 0.692. The third-order valence-corrected chi connectivity index (χ3v) is 6.91. The van der Waals surface area contributed by atoms with Gasteiger partial charge in [0.25, 0.3) is 5.91 Å². The summed E-state index contributed by atoms with van der Waals surface area (Å²) in [6, 6.07) is 5.37. The Morgan fingerprint density at radius 2 is 2.07 bits per heavy atom. The third-order valence-electron chi connectivity index (χ3n) is 4.92. The fraction of sp³-hybridized carbons (Fsp3) is 0.474. The number of hydrogen-bond donors (Lipinski definition) is 3. The van der Waals surface area contributed by atoms with Gasteiger partial charge in [-0.3, -0.25) is 9.89 Å². The van der Waals surface area contributed by atoms with Crippen LogP contribution in [0, 0.1) is 13.8 Å². The maximum atomic E-state index is 13.1. The van der Waals surface area contributed by atoms with E-state index in [1.165, 1.54) is 4.31 Å². The minimum Gasteiger partial charge on any atom is -0.394 e. The molecule has 2 heterocycles. The van der Waals surface area contributed by atoms with Crippen molar-refractivity contribution in [2.45, 2.75) is 51.1 Å². The lowest BCUT2D eigenvalue weighted by atomic mass is 10.0. The molecule has 0 spiro atoms. The number of nitrogens with one attached hydrogen (secondary N) is 2. The molecular formula is C19H26N4O4S. The number of aromatic nitrogens is 2. The first-order valence-corrected chi connectivity index (χ1v) is 10.6. The SMILES string of the molecule is Cc1ccc(C)c(S(=O)(=O)N2CCc3c(C(=O)NC(C)(C)CO)n[nH]c3C2)c1. The highest BCUT2D eigenvalue weighted by Gasteiger charge is 2.33. The van der Waals surface area contributed by atoms with E-state index in [1.807, 2.05) is 13.0 Å². The molecule has 8 nitrogen and oxygen atoms in total. The molecule has 0 fully saturated rings. The molecule has 2 aromatic rings. The summed E-state index contributed by atoms with van der Waals surface area (Å²) in [7, 11) is -3.65. The second-order valence-corrected chi connectivity index (χ2v) is 9.79. The largest absolute Gasteiger partial charge is 0.394 e. The molecule has 0 saturated carbocycles. The average molecular weight is 407 g/mol. The lowest BCUT2D eigenvalue weighted by Crippen LogP contribution is -2.46. The summed E-state index contributed by atoms with van der Waals surface area (Å²) in [5, 5.41) is 19.0. The first-order chi connectivity index (χ1) is 13.0. The number of rotatable bonds is 5. The number of aliphatic hydroxyl groups is 1. The van der Waals surface area contributed by atoms with Crippen LogP contribution in [0.5, 0.6) is 0 Å². The van der Waals surface area contributed by atoms with Crippen LogP contribution < -0.4 is 5.32 Å². The van der Waals surface area contributed by atoms with Crippen LogP contribution in [0.2, 0.25) is 0 Å². The van der Waals surface area contributed by atoms with E-state index in [-0.39, 0.29) is 31.3 Å². The number of hydrogen-bond acceptors (Lipinski definition) is 5. The Kier molecular flexibility index (Phi) is 5.35. The van der Waals surface area contributed by atoms with Crippen molar-refractivity contribution in [2.24, 2.45) is 0 Å². The Hall–Kier alpha value is -2.23. The fourth-order valence-electron chi connectivity index (χ4n) is 3.22. The smallest absolute Gasteiger partial charge is 0.272 e. The molecule has 1 aromatic heterocycles. The molecule has 0 bridgehead atoms. The fourth-order valence-corrected chi connectivity index (χ4v) is 4.94. The zero-order chi connectivity index (χ0) is 20.7. The molecule has 3 N–H and O–H groups in total. The van der Waals surface area contributed by atoms with Gasteiger partial charge in [0, 0.05) is 12.1 Å². The number of amides is 1. The van der Waals surface area contributed by atoms with E-state index in [0.717, 1.165) is 11.1 Å². The standard InChI is InChI=1S/C19H26N4O4S/c1-12-5-6-13(2)16(9-12)28(26,27)23-8-7-14-15(10-23)21-22-17(14)18(25)20-19(3,4)11-24/h5-6,9,24H,7-8,10-11H2,1-4H3,(H,20,25)(H,21,22). The molecule has 152 valence electrons. The minimum atomic E-state index is -3.65. The molecule has 3 rings (SSSR count). The van der Waals surface area contributed by atoms with Gasteiger partial charge in [-0.2, -0.15) is 9.40 Å². The zero-order valence-electron chi connectivity index (χ0n) is 16.5. The van der Waals surface area contributed by atoms with E-state index < -0.39 is 15.6 Å². The van der Waals surface area contributed by atoms with Crippen molar-refractivity contribution in [3.05, 3.63) is 46.3 Å². The second kappa shape index (κ2) is 7.31. The van der Waals surface area contributed by atoms with Gasteiger partial charge in [0.2, 0.25) is 10.0 Å². The van der Waals surface area contributed by atoms with E-state index in [9.17, 15) is 18.3 Å². The number of aryl methyl sites for hydroxylation is 2. The molecule has 1 aliphatic rings. The van der Waals surface area contributed by atoms with Gasteiger partial charge in [-0.15, -0.1) is 0 Å². The summed E-state index contributed by atoms with van der Waals surface area (Å²) in [5.74, 6) is -0.387. The van der Waals surface area contributed by atoms with Crippen molar-refractivity contribution >= 4 is 15.9 Å². The Balaban J connectivity index is 1.85. The molecule has 1 aliphatic heterocycles. The normalized spacial score (nSPS) is 15.3. The highest BCUT2D eigenvalue weighted by atomic mass is 32.2. The van der Waals surface area contributed by atoms with E-state index >= 15 is 0 Å². The summed E-state index contributed by atoms with van der Waals surface area (Å²) in [6.07, 6.45) is 0.387. The van der Waals surface area contributed by atoms with Crippen molar-refractivity contribution in [3.8, 4) is 0 Å². The molecular weight excluding hydrogens is 380 g/mol. The molecule has 0 atom stereocenters. The van der Waals surface area contributed by atoms with Gasteiger partial charge in [-0.05, 0) is 51.3 Å². The predicted molar refractivity (Wildman–Crippen MR) is 104 cm³/mol. The van der Waals surface area contributed by atoms with E-state index in [0.29, 0.717) is 22.6 Å². The van der Waals surface area contributed by atoms with E-state index in [2.05, 4.69) is 15.5 Å². The highest BCUT2D eigenvalue weighted by Crippen LogP contribution is 2.27. The number of benzene rings is 1. The van der Waals surface area contributed by atoms with Crippen molar-refractivity contribution in [3.63, 3.8) is 0 Å². The lowest BCUT2D eigenvalue weighted by Gasteiger charge is -2.27. The topological polar surface area (TPSA) is 115 Å². The zero-order valence-corrected chi connectivity index (χ0v) is 17.4. The van der Waals surface area contributed by atoms with Crippen LogP contribution in [0.4, 0.5) is 0 Å². The Labute approximate surface area is 165 Å². The van der Waals surface area contributed by atoms with Crippen LogP contribution in [-0.4, -0.2) is 52.6 Å². The third kappa shape index (κ3) is 3.82.